The second kappa shape index (κ2) is 12.6. The molecule has 0 unspecified atom stereocenters. The Morgan fingerprint density at radius 3 is 2.44 bits per heavy atom. The predicted octanol–water partition coefficient (Wildman–Crippen LogP) is 3.85. The number of carbonyl (C=O) groups excluding carboxylic acids is 1. The summed E-state index contributed by atoms with van der Waals surface area (Å²) in [5, 5.41) is 25.2. The van der Waals surface area contributed by atoms with Crippen LogP contribution in [0.2, 0.25) is 10.0 Å². The third-order valence-corrected chi connectivity index (χ3v) is 7.14. The third-order valence-electron chi connectivity index (χ3n) is 5.51. The van der Waals surface area contributed by atoms with Crippen molar-refractivity contribution in [1.82, 2.24) is 0 Å². The number of benzene rings is 4. The largest absolute Gasteiger partial charge is 1.00 e. The van der Waals surface area contributed by atoms with Crippen LogP contribution in [-0.4, -0.2) is 25.5 Å². The second-order valence-electron chi connectivity index (χ2n) is 8.10. The van der Waals surface area contributed by atoms with Gasteiger partial charge in [-0.1, -0.05) is 53.2 Å². The number of hydrogen-bond donors (Lipinski definition) is 2. The first-order valence-corrected chi connectivity index (χ1v) is 13.3. The molecule has 4 aromatic rings. The van der Waals surface area contributed by atoms with Crippen molar-refractivity contribution in [2.75, 3.05) is 11.9 Å². The Kier molecular flexibility index (Phi) is 10.0. The number of ether oxygens (including phenoxy) is 1. The SMILES string of the molecule is CCOc1ccc(NC(=O)c2cc3ccccc3c(N=Nc3cc(Cl)c(S(=O)(=O)O)cc3C)c2[O-])c(Cl)c1.[Na+]. The van der Waals surface area contributed by atoms with Gasteiger partial charge in [0.05, 0.1) is 33.7 Å². The summed E-state index contributed by atoms with van der Waals surface area (Å²) in [6.45, 7) is 3.82. The minimum absolute atomic E-state index is 0. The number of carbonyl (C=O) groups is 1. The summed E-state index contributed by atoms with van der Waals surface area (Å²) in [5.41, 5.74) is 0.517. The Balaban J connectivity index is 0.00000420. The molecule has 0 bridgehead atoms. The van der Waals surface area contributed by atoms with E-state index in [9.17, 15) is 22.9 Å². The maximum Gasteiger partial charge on any atom is 1.00 e. The zero-order chi connectivity index (χ0) is 27.6. The van der Waals surface area contributed by atoms with Gasteiger partial charge >= 0.3 is 29.6 Å². The first-order valence-electron chi connectivity index (χ1n) is 11.2. The van der Waals surface area contributed by atoms with Crippen molar-refractivity contribution in [3.63, 3.8) is 0 Å². The Bertz CT molecular complexity index is 1710. The van der Waals surface area contributed by atoms with Crippen molar-refractivity contribution >= 4 is 67.1 Å². The van der Waals surface area contributed by atoms with E-state index in [0.29, 0.717) is 34.4 Å². The minimum atomic E-state index is -4.54. The topological polar surface area (TPSA) is 140 Å². The summed E-state index contributed by atoms with van der Waals surface area (Å²) in [4.78, 5) is 12.7. The van der Waals surface area contributed by atoms with E-state index in [0.717, 1.165) is 6.07 Å². The molecule has 0 atom stereocenters. The number of azo groups is 1. The van der Waals surface area contributed by atoms with Crippen LogP contribution in [0.4, 0.5) is 17.1 Å². The van der Waals surface area contributed by atoms with Gasteiger partial charge in [-0.05, 0) is 55.1 Å². The molecule has 196 valence electrons. The van der Waals surface area contributed by atoms with Gasteiger partial charge in [-0.15, -0.1) is 0 Å². The Labute approximate surface area is 256 Å². The number of rotatable bonds is 7. The fourth-order valence-electron chi connectivity index (χ4n) is 3.67. The van der Waals surface area contributed by atoms with E-state index >= 15 is 0 Å². The summed E-state index contributed by atoms with van der Waals surface area (Å²) >= 11 is 12.3. The van der Waals surface area contributed by atoms with Gasteiger partial charge in [-0.3, -0.25) is 9.35 Å². The van der Waals surface area contributed by atoms with Crippen LogP contribution in [0.5, 0.6) is 11.5 Å². The van der Waals surface area contributed by atoms with Crippen molar-refractivity contribution in [1.29, 1.82) is 0 Å². The fourth-order valence-corrected chi connectivity index (χ4v) is 4.97. The van der Waals surface area contributed by atoms with Crippen molar-refractivity contribution in [3.05, 3.63) is 81.8 Å². The van der Waals surface area contributed by atoms with E-state index < -0.39 is 26.7 Å². The molecule has 0 fully saturated rings. The quantitative estimate of drug-likeness (QED) is 0.189. The van der Waals surface area contributed by atoms with Crippen molar-refractivity contribution in [2.24, 2.45) is 10.2 Å². The van der Waals surface area contributed by atoms with E-state index in [-0.39, 0.29) is 56.5 Å². The van der Waals surface area contributed by atoms with Gasteiger partial charge in [0.15, 0.2) is 0 Å². The molecule has 0 spiro atoms. The molecule has 0 aromatic heterocycles. The molecule has 0 aliphatic heterocycles. The van der Waals surface area contributed by atoms with Gasteiger partial charge in [-0.25, -0.2) is 0 Å². The molecular formula is C26H20Cl2N3NaO6S. The molecule has 0 aliphatic rings. The summed E-state index contributed by atoms with van der Waals surface area (Å²) < 4.78 is 37.7. The standard InChI is InChI=1S/C26H21Cl2N3O6S.Na/c1-3-37-16-8-9-21(19(27)12-16)29-26(33)18-11-15-6-4-5-7-17(15)24(25(18)32)31-30-22-13-20(28)23(10-14(22)2)38(34,35)36;/h4-13,32H,3H2,1-2H3,(H,29,33)(H,34,35,36);/q;+1/p-1. The van der Waals surface area contributed by atoms with Gasteiger partial charge in [0.2, 0.25) is 0 Å². The maximum atomic E-state index is 13.4. The average Bonchev–Trinajstić information content (AvgIpc) is 2.86. The smallest absolute Gasteiger partial charge is 0.870 e. The number of anilines is 1. The molecule has 0 heterocycles. The van der Waals surface area contributed by atoms with Crippen molar-refractivity contribution in [2.45, 2.75) is 18.7 Å². The summed E-state index contributed by atoms with van der Waals surface area (Å²) in [6, 6.07) is 15.4. The molecule has 0 radical (unpaired) electrons. The molecule has 13 heteroatoms. The van der Waals surface area contributed by atoms with Gasteiger partial charge in [0, 0.05) is 17.0 Å². The van der Waals surface area contributed by atoms with Gasteiger partial charge < -0.3 is 15.2 Å². The molecule has 39 heavy (non-hydrogen) atoms. The number of amides is 1. The predicted molar refractivity (Wildman–Crippen MR) is 144 cm³/mol. The first-order chi connectivity index (χ1) is 18.0. The molecule has 0 saturated heterocycles. The zero-order valence-corrected chi connectivity index (χ0v) is 25.4. The van der Waals surface area contributed by atoms with Crippen LogP contribution in [0.3, 0.4) is 0 Å². The monoisotopic (exact) mass is 595 g/mol. The Morgan fingerprint density at radius 2 is 1.77 bits per heavy atom. The number of nitrogens with zero attached hydrogens (tertiary/aromatic N) is 2. The van der Waals surface area contributed by atoms with Crippen LogP contribution >= 0.6 is 23.2 Å². The molecule has 9 nitrogen and oxygen atoms in total. The molecule has 1 amide bonds. The van der Waals surface area contributed by atoms with E-state index in [2.05, 4.69) is 15.5 Å². The molecule has 0 saturated carbocycles. The summed E-state index contributed by atoms with van der Waals surface area (Å²) in [6.07, 6.45) is 0. The molecule has 4 rings (SSSR count). The fraction of sp³-hybridized carbons (Fsp3) is 0.115. The molecule has 2 N–H and O–H groups in total. The number of nitrogens with one attached hydrogen (secondary N) is 1. The van der Waals surface area contributed by atoms with Crippen LogP contribution in [0, 0.1) is 6.92 Å². The normalized spacial score (nSPS) is 11.4. The Hall–Kier alpha value is -2.70. The van der Waals surface area contributed by atoms with Crippen molar-refractivity contribution in [3.8, 4) is 11.5 Å². The van der Waals surface area contributed by atoms with Gasteiger partial charge in [0.1, 0.15) is 10.6 Å². The van der Waals surface area contributed by atoms with Gasteiger partial charge in [0.25, 0.3) is 16.0 Å². The zero-order valence-electron chi connectivity index (χ0n) is 21.0. The summed E-state index contributed by atoms with van der Waals surface area (Å²) in [7, 11) is -4.54. The minimum Gasteiger partial charge on any atom is -0.870 e. The molecule has 0 aliphatic carbocycles. The number of hydrogen-bond acceptors (Lipinski definition) is 7. The van der Waals surface area contributed by atoms with Crippen LogP contribution in [0.25, 0.3) is 10.8 Å². The van der Waals surface area contributed by atoms with Crippen LogP contribution in [0.15, 0.2) is 75.8 Å². The number of halogens is 2. The van der Waals surface area contributed by atoms with E-state index in [1.807, 2.05) is 6.92 Å². The van der Waals surface area contributed by atoms with Crippen molar-refractivity contribution < 1.29 is 57.2 Å². The van der Waals surface area contributed by atoms with Crippen LogP contribution in [-0.2, 0) is 10.1 Å². The first kappa shape index (κ1) is 30.8. The number of aryl methyl sites for hydroxylation is 1. The summed E-state index contributed by atoms with van der Waals surface area (Å²) in [5.74, 6) is -0.834. The van der Waals surface area contributed by atoms with E-state index in [1.165, 1.54) is 12.1 Å². The molecule has 4 aromatic carbocycles. The maximum absolute atomic E-state index is 13.4. The number of fused-ring (bicyclic) bond motifs is 1. The third kappa shape index (κ3) is 6.90. The van der Waals surface area contributed by atoms with Crippen LogP contribution in [0.1, 0.15) is 22.8 Å². The van der Waals surface area contributed by atoms with E-state index in [1.54, 1.807) is 49.4 Å². The second-order valence-corrected chi connectivity index (χ2v) is 10.3. The van der Waals surface area contributed by atoms with Crippen LogP contribution < -0.4 is 44.7 Å². The van der Waals surface area contributed by atoms with Gasteiger partial charge in [-0.2, -0.15) is 18.6 Å². The Morgan fingerprint density at radius 1 is 1.05 bits per heavy atom. The molecular weight excluding hydrogens is 576 g/mol. The van der Waals surface area contributed by atoms with E-state index in [4.69, 9.17) is 27.9 Å². The average molecular weight is 596 g/mol.